The molecular weight excluding hydrogens is 495 g/mol. The summed E-state index contributed by atoms with van der Waals surface area (Å²) in [5.74, 6) is 0.376. The zero-order valence-electron chi connectivity index (χ0n) is 18.6. The smallest absolute Gasteiger partial charge is 0.457 e. The number of hydrogen-bond acceptors (Lipinski definition) is 4. The highest BCUT2D eigenvalue weighted by Crippen LogP contribution is 2.31. The van der Waals surface area contributed by atoms with Gasteiger partial charge in [-0.3, -0.25) is 0 Å². The van der Waals surface area contributed by atoms with E-state index in [0.717, 1.165) is 12.1 Å². The number of rotatable bonds is 11. The van der Waals surface area contributed by atoms with Crippen LogP contribution in [0.5, 0.6) is 17.2 Å². The first-order valence-corrected chi connectivity index (χ1v) is 10.7. The van der Waals surface area contributed by atoms with Gasteiger partial charge in [-0.1, -0.05) is 36.4 Å². The Morgan fingerprint density at radius 3 is 2.08 bits per heavy atom. The van der Waals surface area contributed by atoms with Crippen LogP contribution in [0.2, 0.25) is 0 Å². The van der Waals surface area contributed by atoms with Gasteiger partial charge in [0.15, 0.2) is 6.10 Å². The van der Waals surface area contributed by atoms with Crippen molar-refractivity contribution in [1.29, 1.82) is 0 Å². The third kappa shape index (κ3) is 7.77. The van der Waals surface area contributed by atoms with Crippen molar-refractivity contribution in [3.63, 3.8) is 0 Å². The van der Waals surface area contributed by atoms with E-state index >= 15 is 0 Å². The van der Waals surface area contributed by atoms with Crippen molar-refractivity contribution in [3.8, 4) is 17.2 Å². The van der Waals surface area contributed by atoms with Crippen molar-refractivity contribution < 1.29 is 45.3 Å². The summed E-state index contributed by atoms with van der Waals surface area (Å²) in [6.45, 7) is -0.370. The molecule has 0 radical (unpaired) electrons. The summed E-state index contributed by atoms with van der Waals surface area (Å²) in [6, 6.07) is 20.1. The van der Waals surface area contributed by atoms with Gasteiger partial charge in [-0.2, -0.15) is 30.7 Å². The van der Waals surface area contributed by atoms with E-state index in [2.05, 4.69) is 4.74 Å². The van der Waals surface area contributed by atoms with Gasteiger partial charge >= 0.3 is 18.7 Å². The van der Waals surface area contributed by atoms with Crippen molar-refractivity contribution in [2.24, 2.45) is 0 Å². The SMILES string of the molecule is OC(CCN(Cc1cccc(OC(F)(F)C(F)F)c1)c1cccc(Oc2ccccc2)c1)C(F)(F)F. The molecule has 0 bridgehead atoms. The zero-order chi connectivity index (χ0) is 26.3. The van der Waals surface area contributed by atoms with Crippen LogP contribution in [0, 0.1) is 0 Å². The third-order valence-electron chi connectivity index (χ3n) is 4.99. The molecule has 0 aliphatic rings. The average Bonchev–Trinajstić information content (AvgIpc) is 2.81. The first-order valence-electron chi connectivity index (χ1n) is 10.7. The van der Waals surface area contributed by atoms with E-state index in [-0.39, 0.29) is 13.1 Å². The van der Waals surface area contributed by atoms with E-state index in [9.17, 15) is 35.8 Å². The van der Waals surface area contributed by atoms with Gasteiger partial charge in [0, 0.05) is 24.8 Å². The number of ether oxygens (including phenoxy) is 2. The van der Waals surface area contributed by atoms with Crippen LogP contribution < -0.4 is 14.4 Å². The molecule has 1 N–H and O–H groups in total. The Labute approximate surface area is 202 Å². The van der Waals surface area contributed by atoms with Crippen LogP contribution in [0.15, 0.2) is 78.9 Å². The Morgan fingerprint density at radius 1 is 0.778 bits per heavy atom. The number of para-hydroxylation sites is 1. The second-order valence-electron chi connectivity index (χ2n) is 7.79. The Kier molecular flexibility index (Phi) is 8.67. The Hall–Kier alpha value is -3.47. The molecule has 0 saturated carbocycles. The molecular formula is C25H22F7NO3. The third-order valence-corrected chi connectivity index (χ3v) is 4.99. The molecule has 4 nitrogen and oxygen atoms in total. The summed E-state index contributed by atoms with van der Waals surface area (Å²) in [7, 11) is 0. The molecule has 1 atom stereocenters. The van der Waals surface area contributed by atoms with Crippen LogP contribution in [0.1, 0.15) is 12.0 Å². The van der Waals surface area contributed by atoms with Crippen LogP contribution in [0.4, 0.5) is 36.4 Å². The van der Waals surface area contributed by atoms with E-state index < -0.39 is 37.0 Å². The van der Waals surface area contributed by atoms with Gasteiger partial charge in [0.2, 0.25) is 0 Å². The maximum absolute atomic E-state index is 13.3. The first kappa shape index (κ1) is 27.1. The van der Waals surface area contributed by atoms with E-state index in [1.165, 1.54) is 17.0 Å². The highest BCUT2D eigenvalue weighted by molar-refractivity contribution is 5.52. The topological polar surface area (TPSA) is 41.9 Å². The Bertz CT molecular complexity index is 1110. The molecule has 0 saturated heterocycles. The zero-order valence-corrected chi connectivity index (χ0v) is 18.6. The first-order chi connectivity index (χ1) is 16.9. The molecule has 36 heavy (non-hydrogen) atoms. The highest BCUT2D eigenvalue weighted by Gasteiger charge is 2.44. The molecule has 194 valence electrons. The van der Waals surface area contributed by atoms with Crippen molar-refractivity contribution in [1.82, 2.24) is 0 Å². The molecule has 3 aromatic rings. The van der Waals surface area contributed by atoms with E-state index in [0.29, 0.717) is 22.7 Å². The van der Waals surface area contributed by atoms with Gasteiger partial charge in [0.1, 0.15) is 17.2 Å². The van der Waals surface area contributed by atoms with Crippen molar-refractivity contribution in [2.75, 3.05) is 11.4 Å². The molecule has 0 aliphatic heterocycles. The molecule has 0 aromatic heterocycles. The molecule has 11 heteroatoms. The maximum Gasteiger partial charge on any atom is 0.461 e. The standard InChI is InChI=1S/C25H22F7NO3/c26-23(27)25(31,32)36-21-11-4-6-17(14-21)16-33(13-12-22(34)24(28,29)30)18-7-5-10-20(15-18)35-19-8-2-1-3-9-19/h1-11,14-15,22-23,34H,12-13,16H2. The van der Waals surface area contributed by atoms with E-state index in [1.807, 2.05) is 0 Å². The van der Waals surface area contributed by atoms with Crippen LogP contribution >= 0.6 is 0 Å². The van der Waals surface area contributed by atoms with Gasteiger partial charge in [0.25, 0.3) is 0 Å². The molecule has 0 amide bonds. The van der Waals surface area contributed by atoms with Crippen molar-refractivity contribution >= 4 is 5.69 Å². The monoisotopic (exact) mass is 517 g/mol. The van der Waals surface area contributed by atoms with Gasteiger partial charge < -0.3 is 19.5 Å². The summed E-state index contributed by atoms with van der Waals surface area (Å²) in [6.07, 6.45) is -16.8. The number of hydrogen-bond donors (Lipinski definition) is 1. The lowest BCUT2D eigenvalue weighted by Crippen LogP contribution is -2.34. The van der Waals surface area contributed by atoms with Crippen LogP contribution in [0.3, 0.4) is 0 Å². The molecule has 3 aromatic carbocycles. The molecule has 0 fully saturated rings. The largest absolute Gasteiger partial charge is 0.461 e. The van der Waals surface area contributed by atoms with Crippen molar-refractivity contribution in [3.05, 3.63) is 84.4 Å². The van der Waals surface area contributed by atoms with Crippen molar-refractivity contribution in [2.45, 2.75) is 37.8 Å². The van der Waals surface area contributed by atoms with Gasteiger partial charge in [-0.15, -0.1) is 0 Å². The summed E-state index contributed by atoms with van der Waals surface area (Å²) < 4.78 is 100. The Balaban J connectivity index is 1.84. The van der Waals surface area contributed by atoms with E-state index in [4.69, 9.17) is 4.74 Å². The van der Waals surface area contributed by atoms with Crippen LogP contribution in [0.25, 0.3) is 0 Å². The predicted octanol–water partition coefficient (Wildman–Crippen LogP) is 7.04. The fourth-order valence-corrected chi connectivity index (χ4v) is 3.24. The highest BCUT2D eigenvalue weighted by atomic mass is 19.4. The van der Waals surface area contributed by atoms with Gasteiger partial charge in [-0.05, 0) is 48.4 Å². The molecule has 0 heterocycles. The second-order valence-corrected chi connectivity index (χ2v) is 7.79. The minimum atomic E-state index is -4.82. The minimum Gasteiger partial charge on any atom is -0.457 e. The molecule has 0 spiro atoms. The minimum absolute atomic E-state index is 0.100. The summed E-state index contributed by atoms with van der Waals surface area (Å²) >= 11 is 0. The fourth-order valence-electron chi connectivity index (χ4n) is 3.24. The van der Waals surface area contributed by atoms with E-state index in [1.54, 1.807) is 54.6 Å². The lowest BCUT2D eigenvalue weighted by atomic mass is 10.1. The second kappa shape index (κ2) is 11.5. The van der Waals surface area contributed by atoms with Gasteiger partial charge in [0.05, 0.1) is 0 Å². The fraction of sp³-hybridized carbons (Fsp3) is 0.280. The predicted molar refractivity (Wildman–Crippen MR) is 119 cm³/mol. The number of aliphatic hydroxyl groups is 1. The number of anilines is 1. The summed E-state index contributed by atoms with van der Waals surface area (Å²) in [5.41, 5.74) is 0.718. The van der Waals surface area contributed by atoms with Gasteiger partial charge in [-0.25, -0.2) is 0 Å². The average molecular weight is 517 g/mol. The Morgan fingerprint density at radius 2 is 1.42 bits per heavy atom. The van der Waals surface area contributed by atoms with Crippen LogP contribution in [-0.4, -0.2) is 36.5 Å². The number of halogens is 7. The lowest BCUT2D eigenvalue weighted by Gasteiger charge is -2.27. The normalized spacial score (nSPS) is 12.9. The number of benzene rings is 3. The molecule has 3 rings (SSSR count). The van der Waals surface area contributed by atoms with Crippen LogP contribution in [-0.2, 0) is 6.54 Å². The lowest BCUT2D eigenvalue weighted by molar-refractivity contribution is -0.253. The summed E-state index contributed by atoms with van der Waals surface area (Å²) in [5, 5.41) is 9.47. The quantitative estimate of drug-likeness (QED) is 0.277. The molecule has 0 aliphatic carbocycles. The number of alkyl halides is 7. The number of aliphatic hydroxyl groups excluding tert-OH is 1. The molecule has 1 unspecified atom stereocenters. The summed E-state index contributed by atoms with van der Waals surface area (Å²) in [4.78, 5) is 1.47. The number of nitrogens with zero attached hydrogens (tertiary/aromatic N) is 1. The maximum atomic E-state index is 13.3.